The highest BCUT2D eigenvalue weighted by atomic mass is 16.1. The van der Waals surface area contributed by atoms with Crippen molar-refractivity contribution < 1.29 is 4.79 Å². The summed E-state index contributed by atoms with van der Waals surface area (Å²) in [5.74, 6) is 0. The predicted octanol–water partition coefficient (Wildman–Crippen LogP) is 3.89. The molecule has 1 nitrogen and oxygen atoms in total. The number of rotatable bonds is 2. The topological polar surface area (TPSA) is 17.1 Å². The minimum absolute atomic E-state index is 0.173. The maximum absolute atomic E-state index is 10.6. The zero-order chi connectivity index (χ0) is 12.3. The molecule has 0 fully saturated rings. The van der Waals surface area contributed by atoms with Crippen molar-refractivity contribution in [2.24, 2.45) is 0 Å². The average molecular weight is 216 g/mol. The first-order valence-corrected chi connectivity index (χ1v) is 5.59. The van der Waals surface area contributed by atoms with Crippen molar-refractivity contribution in [3.63, 3.8) is 0 Å². The predicted molar refractivity (Wildman–Crippen MR) is 69.6 cm³/mol. The fourth-order valence-corrected chi connectivity index (χ4v) is 1.58. The molecular weight excluding hydrogens is 196 g/mol. The molecule has 0 radical (unpaired) electrons. The molecule has 0 aliphatic heterocycles. The number of aryl methyl sites for hydroxylation is 1. The minimum atomic E-state index is 0.173. The van der Waals surface area contributed by atoms with Crippen molar-refractivity contribution in [1.82, 2.24) is 0 Å². The highest BCUT2D eigenvalue weighted by molar-refractivity contribution is 5.81. The van der Waals surface area contributed by atoms with Crippen molar-refractivity contribution in [3.05, 3.63) is 40.5 Å². The van der Waals surface area contributed by atoms with Crippen LogP contribution in [-0.4, -0.2) is 6.29 Å². The van der Waals surface area contributed by atoms with Crippen LogP contribution in [0.15, 0.2) is 23.8 Å². The number of hydrogen-bond donors (Lipinski definition) is 0. The lowest BCUT2D eigenvalue weighted by molar-refractivity contribution is -0.104. The summed E-state index contributed by atoms with van der Waals surface area (Å²) in [6.07, 6.45) is 2.81. The van der Waals surface area contributed by atoms with Crippen LogP contribution in [0.1, 0.15) is 44.4 Å². The van der Waals surface area contributed by atoms with Gasteiger partial charge in [0.05, 0.1) is 0 Å². The van der Waals surface area contributed by atoms with Crippen molar-refractivity contribution in [3.8, 4) is 0 Å². The van der Waals surface area contributed by atoms with Crippen molar-refractivity contribution >= 4 is 12.4 Å². The van der Waals surface area contributed by atoms with Crippen molar-refractivity contribution in [2.75, 3.05) is 0 Å². The second-order valence-electron chi connectivity index (χ2n) is 5.33. The molecule has 0 heterocycles. The van der Waals surface area contributed by atoms with E-state index in [1.165, 1.54) is 11.1 Å². The van der Waals surface area contributed by atoms with Crippen LogP contribution in [-0.2, 0) is 10.2 Å². The first kappa shape index (κ1) is 12.7. The lowest BCUT2D eigenvalue weighted by Gasteiger charge is -2.20. The van der Waals surface area contributed by atoms with E-state index < -0.39 is 0 Å². The fourth-order valence-electron chi connectivity index (χ4n) is 1.58. The molecule has 1 rings (SSSR count). The molecule has 16 heavy (non-hydrogen) atoms. The van der Waals surface area contributed by atoms with Crippen LogP contribution in [0.4, 0.5) is 0 Å². The first-order chi connectivity index (χ1) is 7.34. The summed E-state index contributed by atoms with van der Waals surface area (Å²) < 4.78 is 0. The van der Waals surface area contributed by atoms with Gasteiger partial charge in [-0.3, -0.25) is 4.79 Å². The van der Waals surface area contributed by atoms with Gasteiger partial charge in [0.15, 0.2) is 0 Å². The van der Waals surface area contributed by atoms with E-state index >= 15 is 0 Å². The maximum atomic E-state index is 10.6. The molecule has 0 bridgehead atoms. The maximum Gasteiger partial charge on any atom is 0.145 e. The molecule has 0 unspecified atom stereocenters. The first-order valence-electron chi connectivity index (χ1n) is 5.59. The summed E-state index contributed by atoms with van der Waals surface area (Å²) in [7, 11) is 0. The zero-order valence-electron chi connectivity index (χ0n) is 10.8. The van der Waals surface area contributed by atoms with Crippen LogP contribution in [0.5, 0.6) is 0 Å². The van der Waals surface area contributed by atoms with Gasteiger partial charge < -0.3 is 0 Å². The number of carbonyl (C=O) groups is 1. The minimum Gasteiger partial charge on any atom is -0.298 e. The van der Waals surface area contributed by atoms with Crippen LogP contribution in [0.2, 0.25) is 0 Å². The lowest BCUT2D eigenvalue weighted by atomic mass is 9.85. The van der Waals surface area contributed by atoms with Crippen LogP contribution >= 0.6 is 0 Å². The molecule has 0 amide bonds. The number of carbonyl (C=O) groups excluding carboxylic acids is 1. The Balaban J connectivity index is 3.15. The molecular formula is C15H20O. The Kier molecular flexibility index (Phi) is 3.69. The SMILES string of the molecule is C/C(C=O)=C\c1ccc(C(C)(C)C)cc1C. The van der Waals surface area contributed by atoms with Gasteiger partial charge in [-0.2, -0.15) is 0 Å². The normalized spacial score (nSPS) is 12.7. The number of aldehydes is 1. The van der Waals surface area contributed by atoms with Crippen LogP contribution in [0.25, 0.3) is 6.08 Å². The van der Waals surface area contributed by atoms with Crippen molar-refractivity contribution in [2.45, 2.75) is 40.0 Å². The largest absolute Gasteiger partial charge is 0.298 e. The van der Waals surface area contributed by atoms with Gasteiger partial charge in [0.25, 0.3) is 0 Å². The zero-order valence-corrected chi connectivity index (χ0v) is 10.8. The summed E-state index contributed by atoms with van der Waals surface area (Å²) in [5, 5.41) is 0. The van der Waals surface area contributed by atoms with E-state index in [1.807, 2.05) is 13.0 Å². The Morgan fingerprint density at radius 3 is 2.31 bits per heavy atom. The van der Waals surface area contributed by atoms with E-state index in [9.17, 15) is 4.79 Å². The molecule has 0 N–H and O–H groups in total. The Bertz CT molecular complexity index is 420. The molecule has 0 aliphatic rings. The van der Waals surface area contributed by atoms with E-state index in [0.29, 0.717) is 0 Å². The van der Waals surface area contributed by atoms with Crippen LogP contribution in [0.3, 0.4) is 0 Å². The van der Waals surface area contributed by atoms with Gasteiger partial charge in [-0.1, -0.05) is 39.0 Å². The lowest BCUT2D eigenvalue weighted by Crippen LogP contribution is -2.11. The van der Waals surface area contributed by atoms with E-state index in [4.69, 9.17) is 0 Å². The molecule has 1 aromatic carbocycles. The third-order valence-electron chi connectivity index (χ3n) is 2.70. The third kappa shape index (κ3) is 3.06. The third-order valence-corrected chi connectivity index (χ3v) is 2.70. The van der Waals surface area contributed by atoms with E-state index in [2.05, 4.69) is 45.9 Å². The standard InChI is InChI=1S/C15H20O/c1-11(10-16)8-13-6-7-14(9-12(13)2)15(3,4)5/h6-10H,1-5H3/b11-8+. The van der Waals surface area contributed by atoms with Gasteiger partial charge in [-0.25, -0.2) is 0 Å². The van der Waals surface area contributed by atoms with Gasteiger partial charge in [0.1, 0.15) is 6.29 Å². The molecule has 86 valence electrons. The molecule has 1 heteroatoms. The fraction of sp³-hybridized carbons (Fsp3) is 0.400. The van der Waals surface area contributed by atoms with Crippen molar-refractivity contribution in [1.29, 1.82) is 0 Å². The van der Waals surface area contributed by atoms with Crippen LogP contribution < -0.4 is 0 Å². The number of allylic oxidation sites excluding steroid dienone is 1. The average Bonchev–Trinajstić information content (AvgIpc) is 2.19. The van der Waals surface area contributed by atoms with Gasteiger partial charge >= 0.3 is 0 Å². The van der Waals surface area contributed by atoms with E-state index in [1.54, 1.807) is 0 Å². The molecule has 0 spiro atoms. The van der Waals surface area contributed by atoms with E-state index in [0.717, 1.165) is 17.4 Å². The number of benzene rings is 1. The Morgan fingerprint density at radius 1 is 1.25 bits per heavy atom. The highest BCUT2D eigenvalue weighted by Gasteiger charge is 2.13. The second kappa shape index (κ2) is 4.65. The Hall–Kier alpha value is -1.37. The second-order valence-corrected chi connectivity index (χ2v) is 5.33. The smallest absolute Gasteiger partial charge is 0.145 e. The summed E-state index contributed by atoms with van der Waals surface area (Å²) in [6.45, 7) is 10.5. The summed E-state index contributed by atoms with van der Waals surface area (Å²) in [5.41, 5.74) is 4.59. The molecule has 1 aromatic rings. The van der Waals surface area contributed by atoms with Gasteiger partial charge in [-0.05, 0) is 47.6 Å². The summed E-state index contributed by atoms with van der Waals surface area (Å²) in [4.78, 5) is 10.6. The highest BCUT2D eigenvalue weighted by Crippen LogP contribution is 2.25. The van der Waals surface area contributed by atoms with Crippen LogP contribution in [0, 0.1) is 6.92 Å². The monoisotopic (exact) mass is 216 g/mol. The molecule has 0 saturated carbocycles. The molecule has 0 saturated heterocycles. The molecule has 0 aliphatic carbocycles. The van der Waals surface area contributed by atoms with Gasteiger partial charge in [0, 0.05) is 0 Å². The Morgan fingerprint density at radius 2 is 1.88 bits per heavy atom. The Labute approximate surface area is 98.2 Å². The molecule has 0 aromatic heterocycles. The molecule has 0 atom stereocenters. The van der Waals surface area contributed by atoms with Gasteiger partial charge in [-0.15, -0.1) is 0 Å². The number of hydrogen-bond acceptors (Lipinski definition) is 1. The quantitative estimate of drug-likeness (QED) is 0.541. The van der Waals surface area contributed by atoms with E-state index in [-0.39, 0.29) is 5.41 Å². The van der Waals surface area contributed by atoms with Gasteiger partial charge in [0.2, 0.25) is 0 Å². The summed E-state index contributed by atoms with van der Waals surface area (Å²) in [6, 6.07) is 6.42. The summed E-state index contributed by atoms with van der Waals surface area (Å²) >= 11 is 0.